The zero-order chi connectivity index (χ0) is 14.3. The molecule has 0 radical (unpaired) electrons. The lowest BCUT2D eigenvalue weighted by atomic mass is 10.1. The lowest BCUT2D eigenvalue weighted by Crippen LogP contribution is -2.37. The van der Waals surface area contributed by atoms with Crippen LogP contribution in [0.1, 0.15) is 31.4 Å². The minimum atomic E-state index is -0.968. The van der Waals surface area contributed by atoms with Crippen LogP contribution in [0.2, 0.25) is 0 Å². The molecule has 0 aliphatic carbocycles. The Kier molecular flexibility index (Phi) is 6.06. The molecule has 1 aromatic carbocycles. The Bertz CT molecular complexity index is 443. The molecule has 4 heteroatoms. The Balaban J connectivity index is 2.71. The van der Waals surface area contributed by atoms with Crippen molar-refractivity contribution < 1.29 is 14.7 Å². The van der Waals surface area contributed by atoms with Gasteiger partial charge in [0.25, 0.3) is 0 Å². The third-order valence-corrected chi connectivity index (χ3v) is 2.93. The van der Waals surface area contributed by atoms with Gasteiger partial charge in [-0.05, 0) is 24.0 Å². The molecule has 19 heavy (non-hydrogen) atoms. The van der Waals surface area contributed by atoms with Crippen molar-refractivity contribution in [2.24, 2.45) is 0 Å². The summed E-state index contributed by atoms with van der Waals surface area (Å²) in [6.45, 7) is 4.26. The first-order valence-electron chi connectivity index (χ1n) is 6.64. The van der Waals surface area contributed by atoms with Gasteiger partial charge in [-0.2, -0.15) is 0 Å². The maximum atomic E-state index is 12.1. The van der Waals surface area contributed by atoms with Gasteiger partial charge in [-0.15, -0.1) is 0 Å². The van der Waals surface area contributed by atoms with E-state index in [9.17, 15) is 9.59 Å². The van der Waals surface area contributed by atoms with Crippen LogP contribution in [0.25, 0.3) is 0 Å². The van der Waals surface area contributed by atoms with Crippen LogP contribution >= 0.6 is 0 Å². The molecule has 0 fully saturated rings. The quantitative estimate of drug-likeness (QED) is 0.819. The van der Waals surface area contributed by atoms with Gasteiger partial charge in [0.15, 0.2) is 0 Å². The summed E-state index contributed by atoms with van der Waals surface area (Å²) in [4.78, 5) is 24.3. The molecule has 0 saturated heterocycles. The fourth-order valence-corrected chi connectivity index (χ4v) is 1.97. The Morgan fingerprint density at radius 2 is 1.89 bits per heavy atom. The highest BCUT2D eigenvalue weighted by Gasteiger charge is 2.16. The van der Waals surface area contributed by atoms with Crippen LogP contribution < -0.4 is 0 Å². The first-order chi connectivity index (χ1) is 9.06. The standard InChI is InChI=1S/C15H21NO3/c1-3-8-16(11-15(18)19)14(17)10-13-7-5-6-12(4-2)9-13/h5-7,9H,3-4,8,10-11H2,1-2H3,(H,18,19). The van der Waals surface area contributed by atoms with Gasteiger partial charge in [0.05, 0.1) is 6.42 Å². The Morgan fingerprint density at radius 1 is 1.21 bits per heavy atom. The van der Waals surface area contributed by atoms with Crippen LogP contribution in [-0.4, -0.2) is 35.0 Å². The summed E-state index contributed by atoms with van der Waals surface area (Å²) in [7, 11) is 0. The third-order valence-electron chi connectivity index (χ3n) is 2.93. The van der Waals surface area contributed by atoms with E-state index in [0.29, 0.717) is 6.54 Å². The summed E-state index contributed by atoms with van der Waals surface area (Å²) in [5, 5.41) is 8.81. The van der Waals surface area contributed by atoms with E-state index in [4.69, 9.17) is 5.11 Å². The largest absolute Gasteiger partial charge is 0.480 e. The van der Waals surface area contributed by atoms with Crippen molar-refractivity contribution in [3.8, 4) is 0 Å². The highest BCUT2D eigenvalue weighted by atomic mass is 16.4. The summed E-state index contributed by atoms with van der Waals surface area (Å²) in [6, 6.07) is 7.86. The zero-order valence-electron chi connectivity index (χ0n) is 11.6. The average Bonchev–Trinajstić information content (AvgIpc) is 2.38. The predicted molar refractivity (Wildman–Crippen MR) is 74.0 cm³/mol. The molecular formula is C15H21NO3. The molecule has 0 aliphatic heterocycles. The second-order valence-corrected chi connectivity index (χ2v) is 4.56. The van der Waals surface area contributed by atoms with Crippen molar-refractivity contribution in [2.45, 2.75) is 33.1 Å². The molecule has 0 saturated carbocycles. The number of aliphatic carboxylic acids is 1. The average molecular weight is 263 g/mol. The monoisotopic (exact) mass is 263 g/mol. The van der Waals surface area contributed by atoms with Gasteiger partial charge in [-0.3, -0.25) is 9.59 Å². The summed E-state index contributed by atoms with van der Waals surface area (Å²) < 4.78 is 0. The predicted octanol–water partition coefficient (Wildman–Crippen LogP) is 2.11. The fraction of sp³-hybridized carbons (Fsp3) is 0.467. The normalized spacial score (nSPS) is 10.2. The maximum Gasteiger partial charge on any atom is 0.323 e. The van der Waals surface area contributed by atoms with Crippen molar-refractivity contribution in [3.63, 3.8) is 0 Å². The fourth-order valence-electron chi connectivity index (χ4n) is 1.97. The van der Waals surface area contributed by atoms with E-state index in [1.807, 2.05) is 31.2 Å². The summed E-state index contributed by atoms with van der Waals surface area (Å²) >= 11 is 0. The van der Waals surface area contributed by atoms with E-state index >= 15 is 0 Å². The van der Waals surface area contributed by atoms with E-state index in [0.717, 1.165) is 18.4 Å². The number of carboxylic acids is 1. The number of hydrogen-bond acceptors (Lipinski definition) is 2. The number of carbonyl (C=O) groups excluding carboxylic acids is 1. The second kappa shape index (κ2) is 7.56. The minimum absolute atomic E-state index is 0.127. The number of aryl methyl sites for hydroxylation is 1. The van der Waals surface area contributed by atoms with Gasteiger partial charge in [-0.25, -0.2) is 0 Å². The number of benzene rings is 1. The summed E-state index contributed by atoms with van der Waals surface area (Å²) in [6.07, 6.45) is 1.95. The molecule has 1 aromatic rings. The maximum absolute atomic E-state index is 12.1. The Hall–Kier alpha value is -1.84. The van der Waals surface area contributed by atoms with Crippen molar-refractivity contribution in [3.05, 3.63) is 35.4 Å². The van der Waals surface area contributed by atoms with Crippen LogP contribution in [0.3, 0.4) is 0 Å². The van der Waals surface area contributed by atoms with Crippen molar-refractivity contribution in [2.75, 3.05) is 13.1 Å². The van der Waals surface area contributed by atoms with E-state index < -0.39 is 5.97 Å². The molecule has 4 nitrogen and oxygen atoms in total. The van der Waals surface area contributed by atoms with Gasteiger partial charge in [-0.1, -0.05) is 38.1 Å². The van der Waals surface area contributed by atoms with Gasteiger partial charge in [0.2, 0.25) is 5.91 Å². The summed E-state index contributed by atoms with van der Waals surface area (Å²) in [5.41, 5.74) is 2.13. The molecule has 0 unspecified atom stereocenters. The first-order valence-corrected chi connectivity index (χ1v) is 6.64. The molecule has 0 heterocycles. The van der Waals surface area contributed by atoms with Crippen molar-refractivity contribution in [1.82, 2.24) is 4.90 Å². The number of hydrogen-bond donors (Lipinski definition) is 1. The number of rotatable bonds is 7. The molecule has 104 valence electrons. The van der Waals surface area contributed by atoms with Gasteiger partial charge in [0.1, 0.15) is 6.54 Å². The zero-order valence-corrected chi connectivity index (χ0v) is 11.6. The minimum Gasteiger partial charge on any atom is -0.480 e. The Labute approximate surface area is 114 Å². The van der Waals surface area contributed by atoms with Crippen LogP contribution in [-0.2, 0) is 22.4 Å². The molecule has 0 bridgehead atoms. The van der Waals surface area contributed by atoms with Crippen LogP contribution in [0.5, 0.6) is 0 Å². The summed E-state index contributed by atoms with van der Waals surface area (Å²) in [5.74, 6) is -1.10. The van der Waals surface area contributed by atoms with Crippen LogP contribution in [0, 0.1) is 0 Å². The lowest BCUT2D eigenvalue weighted by molar-refractivity contribution is -0.144. The SMILES string of the molecule is CCCN(CC(=O)O)C(=O)Cc1cccc(CC)c1. The van der Waals surface area contributed by atoms with E-state index in [2.05, 4.69) is 6.92 Å². The van der Waals surface area contributed by atoms with Crippen LogP contribution in [0.4, 0.5) is 0 Å². The van der Waals surface area contributed by atoms with E-state index in [1.165, 1.54) is 10.5 Å². The second-order valence-electron chi connectivity index (χ2n) is 4.56. The molecular weight excluding hydrogens is 242 g/mol. The molecule has 0 atom stereocenters. The molecule has 1 N–H and O–H groups in total. The molecule has 1 amide bonds. The van der Waals surface area contributed by atoms with E-state index in [-0.39, 0.29) is 18.9 Å². The third kappa shape index (κ3) is 5.12. The Morgan fingerprint density at radius 3 is 2.47 bits per heavy atom. The van der Waals surface area contributed by atoms with Crippen molar-refractivity contribution in [1.29, 1.82) is 0 Å². The topological polar surface area (TPSA) is 57.6 Å². The smallest absolute Gasteiger partial charge is 0.323 e. The van der Waals surface area contributed by atoms with Crippen molar-refractivity contribution >= 4 is 11.9 Å². The first kappa shape index (κ1) is 15.2. The molecule has 0 aromatic heterocycles. The highest BCUT2D eigenvalue weighted by Crippen LogP contribution is 2.08. The van der Waals surface area contributed by atoms with E-state index in [1.54, 1.807) is 0 Å². The number of nitrogens with zero attached hydrogens (tertiary/aromatic N) is 1. The molecule has 1 rings (SSSR count). The van der Waals surface area contributed by atoms with Gasteiger partial charge >= 0.3 is 5.97 Å². The lowest BCUT2D eigenvalue weighted by Gasteiger charge is -2.20. The molecule has 0 aliphatic rings. The highest BCUT2D eigenvalue weighted by molar-refractivity contribution is 5.83. The van der Waals surface area contributed by atoms with Gasteiger partial charge in [0, 0.05) is 6.54 Å². The van der Waals surface area contributed by atoms with Crippen LogP contribution in [0.15, 0.2) is 24.3 Å². The number of carbonyl (C=O) groups is 2. The molecule has 0 spiro atoms. The van der Waals surface area contributed by atoms with Gasteiger partial charge < -0.3 is 10.0 Å². The number of carboxylic acid groups (broad SMARTS) is 1. The number of amides is 1.